The average molecular weight is 443 g/mol. The van der Waals surface area contributed by atoms with Gasteiger partial charge in [0, 0.05) is 12.1 Å². The predicted octanol–water partition coefficient (Wildman–Crippen LogP) is 3.45. The fourth-order valence-corrected chi connectivity index (χ4v) is 3.52. The lowest BCUT2D eigenvalue weighted by Crippen LogP contribution is -2.26. The molecule has 2 rings (SSSR count). The fraction of sp³-hybridized carbons (Fsp3) is 0.440. The topological polar surface area (TPSA) is 99.9 Å². The first kappa shape index (κ1) is 25.0. The molecule has 0 aliphatic heterocycles. The van der Waals surface area contributed by atoms with Gasteiger partial charge in [0.1, 0.15) is 0 Å². The van der Waals surface area contributed by atoms with Crippen molar-refractivity contribution < 1.29 is 23.8 Å². The Hall–Kier alpha value is -3.22. The van der Waals surface area contributed by atoms with Crippen LogP contribution < -0.4 is 25.3 Å². The van der Waals surface area contributed by atoms with Gasteiger partial charge in [-0.1, -0.05) is 32.9 Å². The van der Waals surface area contributed by atoms with Gasteiger partial charge in [0.2, 0.25) is 5.75 Å². The molecule has 0 bridgehead atoms. The van der Waals surface area contributed by atoms with Crippen LogP contribution in [0.3, 0.4) is 0 Å². The third kappa shape index (κ3) is 6.15. The molecule has 0 aliphatic carbocycles. The highest BCUT2D eigenvalue weighted by Crippen LogP contribution is 2.38. The summed E-state index contributed by atoms with van der Waals surface area (Å²) < 4.78 is 16.0. The molecule has 0 spiro atoms. The van der Waals surface area contributed by atoms with Gasteiger partial charge in [0.25, 0.3) is 11.8 Å². The Bertz CT molecular complexity index is 944. The van der Waals surface area contributed by atoms with Crippen LogP contribution >= 0.6 is 0 Å². The van der Waals surface area contributed by atoms with Crippen LogP contribution in [-0.4, -0.2) is 39.2 Å². The van der Waals surface area contributed by atoms with Crippen LogP contribution in [0.25, 0.3) is 0 Å². The maximum absolute atomic E-state index is 12.8. The molecular formula is C25H34N2O5. The summed E-state index contributed by atoms with van der Waals surface area (Å²) >= 11 is 0. The minimum atomic E-state index is -0.628. The molecule has 0 unspecified atom stereocenters. The van der Waals surface area contributed by atoms with E-state index < -0.39 is 5.91 Å². The van der Waals surface area contributed by atoms with Gasteiger partial charge in [-0.2, -0.15) is 0 Å². The summed E-state index contributed by atoms with van der Waals surface area (Å²) in [6.07, 6.45) is 0.724. The van der Waals surface area contributed by atoms with Crippen LogP contribution in [-0.2, 0) is 16.6 Å². The van der Waals surface area contributed by atoms with Gasteiger partial charge in [0.05, 0.1) is 14.2 Å². The maximum Gasteiger partial charge on any atom is 0.255 e. The van der Waals surface area contributed by atoms with E-state index in [9.17, 15) is 9.59 Å². The van der Waals surface area contributed by atoms with Gasteiger partial charge >= 0.3 is 0 Å². The molecule has 0 heterocycles. The van der Waals surface area contributed by atoms with Crippen molar-refractivity contribution in [1.82, 2.24) is 5.32 Å². The molecular weight excluding hydrogens is 408 g/mol. The van der Waals surface area contributed by atoms with E-state index in [0.29, 0.717) is 12.1 Å². The lowest BCUT2D eigenvalue weighted by molar-refractivity contribution is -0.120. The Balaban J connectivity index is 2.14. The van der Waals surface area contributed by atoms with Crippen LogP contribution in [0.2, 0.25) is 0 Å². The average Bonchev–Trinajstić information content (AvgIpc) is 2.72. The first-order chi connectivity index (χ1) is 15.0. The first-order valence-corrected chi connectivity index (χ1v) is 10.5. The molecule has 32 heavy (non-hydrogen) atoms. The second kappa shape index (κ2) is 10.4. The quantitative estimate of drug-likeness (QED) is 0.620. The summed E-state index contributed by atoms with van der Waals surface area (Å²) in [5.41, 5.74) is 10.6. The zero-order valence-corrected chi connectivity index (χ0v) is 20.0. The Kier molecular flexibility index (Phi) is 8.14. The fourth-order valence-electron chi connectivity index (χ4n) is 3.52. The highest BCUT2D eigenvalue weighted by atomic mass is 16.5. The number of methoxy groups -OCH3 is 2. The number of rotatable bonds is 9. The largest absolute Gasteiger partial charge is 0.493 e. The lowest BCUT2D eigenvalue weighted by Gasteiger charge is -2.22. The van der Waals surface area contributed by atoms with Crippen LogP contribution in [0.15, 0.2) is 24.3 Å². The van der Waals surface area contributed by atoms with Crippen molar-refractivity contribution in [2.24, 2.45) is 5.73 Å². The Morgan fingerprint density at radius 2 is 1.50 bits per heavy atom. The van der Waals surface area contributed by atoms with E-state index >= 15 is 0 Å². The number of nitrogens with two attached hydrogens (primary N) is 1. The third-order valence-electron chi connectivity index (χ3n) is 5.30. The second-order valence-corrected chi connectivity index (χ2v) is 8.81. The zero-order valence-electron chi connectivity index (χ0n) is 20.0. The van der Waals surface area contributed by atoms with Crippen molar-refractivity contribution in [2.75, 3.05) is 27.4 Å². The number of hydrogen-bond donors (Lipinski definition) is 2. The molecule has 0 saturated heterocycles. The number of amides is 2. The lowest BCUT2D eigenvalue weighted by atomic mass is 9.83. The number of carbonyl (C=O) groups excluding carboxylic acids is 2. The van der Waals surface area contributed by atoms with Crippen molar-refractivity contribution in [3.05, 3.63) is 52.1 Å². The second-order valence-electron chi connectivity index (χ2n) is 8.81. The molecule has 2 aromatic carbocycles. The van der Waals surface area contributed by atoms with Crippen molar-refractivity contribution in [1.29, 1.82) is 0 Å². The van der Waals surface area contributed by atoms with Gasteiger partial charge in [-0.25, -0.2) is 0 Å². The molecule has 7 nitrogen and oxygen atoms in total. The summed E-state index contributed by atoms with van der Waals surface area (Å²) in [7, 11) is 2.89. The van der Waals surface area contributed by atoms with Crippen molar-refractivity contribution in [3.8, 4) is 17.2 Å². The Morgan fingerprint density at radius 3 is 1.94 bits per heavy atom. The number of ether oxygens (including phenoxy) is 3. The van der Waals surface area contributed by atoms with Crippen LogP contribution in [0, 0.1) is 13.8 Å². The van der Waals surface area contributed by atoms with Gasteiger partial charge in [0.15, 0.2) is 18.1 Å². The van der Waals surface area contributed by atoms with Gasteiger partial charge in [-0.3, -0.25) is 9.59 Å². The smallest absolute Gasteiger partial charge is 0.255 e. The number of aryl methyl sites for hydroxylation is 2. The number of nitrogens with one attached hydrogen (secondary N) is 1. The molecule has 3 N–H and O–H groups in total. The van der Waals surface area contributed by atoms with E-state index in [4.69, 9.17) is 19.9 Å². The van der Waals surface area contributed by atoms with E-state index in [1.807, 2.05) is 0 Å². The molecule has 0 atom stereocenters. The standard InChI is InChI=1S/C25H34N2O5/c1-15-10-18(25(3,4)5)11-16(2)19(15)8-9-27-24(29)17-12-20(30-6)23(21(13-17)31-7)32-14-22(26)28/h10-13H,8-9,14H2,1-7H3,(H2,26,28)(H,27,29). The Morgan fingerprint density at radius 1 is 0.969 bits per heavy atom. The summed E-state index contributed by atoms with van der Waals surface area (Å²) in [5, 5.41) is 2.95. The SMILES string of the molecule is COc1cc(C(=O)NCCc2c(C)cc(C(C)(C)C)cc2C)cc(OC)c1OCC(N)=O. The third-order valence-corrected chi connectivity index (χ3v) is 5.30. The predicted molar refractivity (Wildman–Crippen MR) is 125 cm³/mol. The minimum absolute atomic E-state index is 0.0910. The van der Waals surface area contributed by atoms with Crippen LogP contribution in [0.4, 0.5) is 0 Å². The van der Waals surface area contributed by atoms with E-state index in [2.05, 4.69) is 52.1 Å². The normalized spacial score (nSPS) is 11.1. The molecule has 0 saturated carbocycles. The number of benzene rings is 2. The van der Waals surface area contributed by atoms with Crippen molar-refractivity contribution in [3.63, 3.8) is 0 Å². The van der Waals surface area contributed by atoms with E-state index in [0.717, 1.165) is 6.42 Å². The highest BCUT2D eigenvalue weighted by molar-refractivity contribution is 5.95. The van der Waals surface area contributed by atoms with E-state index in [-0.39, 0.29) is 35.2 Å². The molecule has 2 amide bonds. The minimum Gasteiger partial charge on any atom is -0.493 e. The number of carbonyl (C=O) groups is 2. The molecule has 2 aromatic rings. The molecule has 0 aromatic heterocycles. The van der Waals surface area contributed by atoms with Crippen LogP contribution in [0.1, 0.15) is 53.4 Å². The number of hydrogen-bond acceptors (Lipinski definition) is 5. The van der Waals surface area contributed by atoms with E-state index in [1.165, 1.54) is 36.5 Å². The van der Waals surface area contributed by atoms with Gasteiger partial charge < -0.3 is 25.3 Å². The first-order valence-electron chi connectivity index (χ1n) is 10.5. The molecule has 174 valence electrons. The van der Waals surface area contributed by atoms with Gasteiger partial charge in [-0.05, 0) is 60.1 Å². The monoisotopic (exact) mass is 442 g/mol. The molecule has 0 fully saturated rings. The summed E-state index contributed by atoms with van der Waals surface area (Å²) in [6.45, 7) is 11.0. The van der Waals surface area contributed by atoms with Crippen LogP contribution in [0.5, 0.6) is 17.2 Å². The zero-order chi connectivity index (χ0) is 24.1. The van der Waals surface area contributed by atoms with Gasteiger partial charge in [-0.15, -0.1) is 0 Å². The maximum atomic E-state index is 12.8. The highest BCUT2D eigenvalue weighted by Gasteiger charge is 2.19. The summed E-state index contributed by atoms with van der Waals surface area (Å²) in [4.78, 5) is 23.8. The summed E-state index contributed by atoms with van der Waals surface area (Å²) in [5.74, 6) is -0.113. The number of primary amides is 1. The van der Waals surface area contributed by atoms with E-state index in [1.54, 1.807) is 12.1 Å². The molecule has 7 heteroatoms. The van der Waals surface area contributed by atoms with Crippen molar-refractivity contribution >= 4 is 11.8 Å². The molecule has 0 radical (unpaired) electrons. The molecule has 0 aliphatic rings. The van der Waals surface area contributed by atoms with Crippen molar-refractivity contribution in [2.45, 2.75) is 46.5 Å². The Labute approximate surface area is 190 Å². The summed E-state index contributed by atoms with van der Waals surface area (Å²) in [6, 6.07) is 7.54.